The first-order valence-electron chi connectivity index (χ1n) is 11.2. The molecule has 0 radical (unpaired) electrons. The van der Waals surface area contributed by atoms with Gasteiger partial charge in [-0.3, -0.25) is 9.78 Å². The maximum atomic E-state index is 13.5. The van der Waals surface area contributed by atoms with Crippen LogP contribution in [0.3, 0.4) is 0 Å². The minimum atomic E-state index is -4.35. The van der Waals surface area contributed by atoms with Crippen LogP contribution in [0.25, 0.3) is 17.2 Å². The zero-order chi connectivity index (χ0) is 25.2. The average molecular weight is 515 g/mol. The number of anilines is 2. The van der Waals surface area contributed by atoms with Gasteiger partial charge in [-0.1, -0.05) is 11.6 Å². The van der Waals surface area contributed by atoms with Crippen molar-refractivity contribution in [3.05, 3.63) is 58.9 Å². The third-order valence-corrected chi connectivity index (χ3v) is 6.78. The first-order valence-corrected chi connectivity index (χ1v) is 11.6. The third-order valence-electron chi connectivity index (χ3n) is 6.56. The summed E-state index contributed by atoms with van der Waals surface area (Å²) in [5.41, 5.74) is 6.89. The van der Waals surface area contributed by atoms with Gasteiger partial charge in [-0.2, -0.15) is 13.2 Å². The number of pyridine rings is 1. The molecule has 6 rings (SSSR count). The number of alkyl halides is 3. The van der Waals surface area contributed by atoms with E-state index in [1.807, 2.05) is 0 Å². The van der Waals surface area contributed by atoms with Gasteiger partial charge in [0.05, 0.1) is 22.0 Å². The smallest absolute Gasteiger partial charge is 0.383 e. The Hall–Kier alpha value is -3.80. The Labute approximate surface area is 207 Å². The minimum absolute atomic E-state index is 0.0291. The Morgan fingerprint density at radius 2 is 2.00 bits per heavy atom. The summed E-state index contributed by atoms with van der Waals surface area (Å²) in [4.78, 5) is 35.3. The van der Waals surface area contributed by atoms with Crippen LogP contribution in [-0.2, 0) is 16.6 Å². The van der Waals surface area contributed by atoms with Crippen LogP contribution in [0, 0.1) is 5.92 Å². The Balaban J connectivity index is 1.47. The van der Waals surface area contributed by atoms with Crippen LogP contribution in [-0.4, -0.2) is 41.4 Å². The summed E-state index contributed by atoms with van der Waals surface area (Å²) in [5.74, 6) is 0.0402. The van der Waals surface area contributed by atoms with Crippen LogP contribution >= 0.6 is 11.6 Å². The van der Waals surface area contributed by atoms with Crippen molar-refractivity contribution in [2.75, 3.05) is 11.1 Å². The molecule has 1 unspecified atom stereocenters. The first kappa shape index (κ1) is 22.7. The quantitative estimate of drug-likeness (QED) is 0.413. The normalized spacial score (nSPS) is 19.5. The van der Waals surface area contributed by atoms with Crippen molar-refractivity contribution < 1.29 is 18.0 Å². The number of halogens is 4. The molecular formula is C23H18ClF3N8O. The Morgan fingerprint density at radius 1 is 1.19 bits per heavy atom. The van der Waals surface area contributed by atoms with Crippen LogP contribution in [0.4, 0.5) is 24.8 Å². The predicted molar refractivity (Wildman–Crippen MR) is 124 cm³/mol. The summed E-state index contributed by atoms with van der Waals surface area (Å²) in [5, 5.41) is 3.26. The molecule has 5 heterocycles. The highest BCUT2D eigenvalue weighted by atomic mass is 35.5. The van der Waals surface area contributed by atoms with Gasteiger partial charge in [-0.25, -0.2) is 19.9 Å². The van der Waals surface area contributed by atoms with Crippen molar-refractivity contribution in [3.63, 3.8) is 0 Å². The van der Waals surface area contributed by atoms with Gasteiger partial charge in [0, 0.05) is 37.6 Å². The average Bonchev–Trinajstić information content (AvgIpc) is 3.47. The minimum Gasteiger partial charge on any atom is -0.383 e. The summed E-state index contributed by atoms with van der Waals surface area (Å²) in [6, 6.07) is 3.36. The van der Waals surface area contributed by atoms with E-state index in [9.17, 15) is 18.0 Å². The Bertz CT molecular complexity index is 1520. The number of amides is 1. The maximum absolute atomic E-state index is 13.5. The summed E-state index contributed by atoms with van der Waals surface area (Å²) in [7, 11) is 0. The lowest BCUT2D eigenvalue weighted by Crippen LogP contribution is -2.39. The van der Waals surface area contributed by atoms with Crippen LogP contribution in [0.15, 0.2) is 36.9 Å². The van der Waals surface area contributed by atoms with Crippen LogP contribution in [0.2, 0.25) is 5.02 Å². The van der Waals surface area contributed by atoms with Gasteiger partial charge in [-0.05, 0) is 30.9 Å². The molecule has 1 fully saturated rings. The van der Waals surface area contributed by atoms with Crippen molar-refractivity contribution in [1.29, 1.82) is 0 Å². The third kappa shape index (κ3) is 3.55. The second-order valence-corrected chi connectivity index (χ2v) is 9.34. The van der Waals surface area contributed by atoms with Crippen molar-refractivity contribution >= 4 is 34.8 Å². The van der Waals surface area contributed by atoms with Crippen LogP contribution in [0.1, 0.15) is 36.2 Å². The van der Waals surface area contributed by atoms with Gasteiger partial charge >= 0.3 is 6.18 Å². The number of hydrogen-bond acceptors (Lipinski definition) is 7. The molecule has 184 valence electrons. The second-order valence-electron chi connectivity index (χ2n) is 8.90. The van der Waals surface area contributed by atoms with Gasteiger partial charge in [0.2, 0.25) is 5.91 Å². The van der Waals surface area contributed by atoms with Gasteiger partial charge in [-0.15, -0.1) is 0 Å². The molecule has 0 bridgehead atoms. The van der Waals surface area contributed by atoms with Crippen molar-refractivity contribution in [3.8, 4) is 11.5 Å². The lowest BCUT2D eigenvalue weighted by atomic mass is 9.74. The summed E-state index contributed by atoms with van der Waals surface area (Å²) >= 11 is 6.02. The molecule has 0 saturated heterocycles. The first-order chi connectivity index (χ1) is 17.2. The maximum Gasteiger partial charge on any atom is 0.389 e. The molecule has 2 aliphatic rings. The number of aryl methyl sites for hydroxylation is 1. The van der Waals surface area contributed by atoms with E-state index in [0.717, 1.165) is 12.8 Å². The van der Waals surface area contributed by atoms with Crippen LogP contribution in [0.5, 0.6) is 0 Å². The van der Waals surface area contributed by atoms with Crippen LogP contribution < -0.4 is 11.1 Å². The Morgan fingerprint density at radius 3 is 2.69 bits per heavy atom. The number of nitrogen functional groups attached to an aromatic ring is 1. The fourth-order valence-electron chi connectivity index (χ4n) is 4.89. The number of nitrogens with two attached hydrogens (primary N) is 1. The van der Waals surface area contributed by atoms with Gasteiger partial charge < -0.3 is 15.5 Å². The van der Waals surface area contributed by atoms with Gasteiger partial charge in [0.15, 0.2) is 11.5 Å². The number of rotatable bonds is 5. The molecule has 1 aliphatic heterocycles. The number of nitrogens with zero attached hydrogens (tertiary/aromatic N) is 6. The van der Waals surface area contributed by atoms with E-state index in [0.29, 0.717) is 21.9 Å². The molecule has 1 amide bonds. The number of aromatic nitrogens is 6. The number of nitrogens with one attached hydrogen (secondary N) is 1. The number of carbonyl (C=O) groups excluding carboxylic acids is 1. The molecule has 1 aliphatic carbocycles. The van der Waals surface area contributed by atoms with Gasteiger partial charge in [0.25, 0.3) is 0 Å². The van der Waals surface area contributed by atoms with E-state index in [2.05, 4.69) is 30.2 Å². The van der Waals surface area contributed by atoms with E-state index in [-0.39, 0.29) is 47.1 Å². The largest absolute Gasteiger partial charge is 0.389 e. The van der Waals surface area contributed by atoms with Crippen molar-refractivity contribution in [2.45, 2.75) is 37.3 Å². The van der Waals surface area contributed by atoms with E-state index in [1.54, 1.807) is 28.9 Å². The molecular weight excluding hydrogens is 497 g/mol. The molecule has 4 aromatic rings. The zero-order valence-electron chi connectivity index (χ0n) is 18.6. The second kappa shape index (κ2) is 7.85. The van der Waals surface area contributed by atoms with Crippen molar-refractivity contribution in [2.24, 2.45) is 5.92 Å². The number of fused-ring (bicyclic) bond motifs is 2. The highest BCUT2D eigenvalue weighted by molar-refractivity contribution is 6.30. The monoisotopic (exact) mass is 514 g/mol. The van der Waals surface area contributed by atoms with Crippen molar-refractivity contribution in [1.82, 2.24) is 29.3 Å². The number of hydrogen-bond donors (Lipinski definition) is 2. The molecule has 36 heavy (non-hydrogen) atoms. The standard InChI is InChI=1S/C23H18ClF3N8O/c24-12-3-4-15(30-9-12)23(11-1-2-11)16-17(28)32-18(33-19(16)34-21(23)36)14-10-35-8-7-29-20(35)13(31-14)5-6-22(25,26)27/h3-4,7-11H,1-2,5-6H2,(H3,28,32,33,34,36). The number of carbonyl (C=O) groups is 1. The Kier molecular flexibility index (Phi) is 4.94. The highest BCUT2D eigenvalue weighted by Gasteiger charge is 2.60. The van der Waals surface area contributed by atoms with E-state index < -0.39 is 18.0 Å². The summed E-state index contributed by atoms with van der Waals surface area (Å²) < 4.78 is 40.2. The molecule has 9 nitrogen and oxygen atoms in total. The molecule has 0 aromatic carbocycles. The lowest BCUT2D eigenvalue weighted by molar-refractivity contribution is -0.134. The summed E-state index contributed by atoms with van der Waals surface area (Å²) in [6.07, 6.45) is 1.97. The summed E-state index contributed by atoms with van der Waals surface area (Å²) in [6.45, 7) is 0. The van der Waals surface area contributed by atoms with E-state index in [4.69, 9.17) is 17.3 Å². The zero-order valence-corrected chi connectivity index (χ0v) is 19.3. The lowest BCUT2D eigenvalue weighted by Gasteiger charge is -2.27. The SMILES string of the molecule is Nc1nc(-c2cn3ccnc3c(CCC(F)(F)F)n2)nc2c1C(c1ccc(Cl)cn1)(C1CC1)C(=O)N2. The molecule has 1 atom stereocenters. The van der Waals surface area contributed by atoms with Gasteiger partial charge in [0.1, 0.15) is 22.7 Å². The fraction of sp³-hybridized carbons (Fsp3) is 0.304. The molecule has 13 heteroatoms. The number of imidazole rings is 1. The highest BCUT2D eigenvalue weighted by Crippen LogP contribution is 2.57. The predicted octanol–water partition coefficient (Wildman–Crippen LogP) is 3.96. The van der Waals surface area contributed by atoms with E-state index >= 15 is 0 Å². The molecule has 1 saturated carbocycles. The fourth-order valence-corrected chi connectivity index (χ4v) is 5.00. The topological polar surface area (TPSA) is 124 Å². The molecule has 3 N–H and O–H groups in total. The molecule has 4 aromatic heterocycles. The van der Waals surface area contributed by atoms with E-state index in [1.165, 1.54) is 12.4 Å². The molecule has 0 spiro atoms.